The molecule has 0 aliphatic heterocycles. The highest BCUT2D eigenvalue weighted by atomic mass is 79.9. The van der Waals surface area contributed by atoms with Gasteiger partial charge in [0, 0.05) is 10.0 Å². The fourth-order valence-electron chi connectivity index (χ4n) is 1.93. The Hall–Kier alpha value is -1.26. The summed E-state index contributed by atoms with van der Waals surface area (Å²) in [4.78, 5) is 0. The zero-order valence-electron chi connectivity index (χ0n) is 11.0. The Kier molecular flexibility index (Phi) is 4.89. The second-order valence-corrected chi connectivity index (χ2v) is 5.40. The van der Waals surface area contributed by atoms with Crippen LogP contribution in [0.3, 0.4) is 0 Å². The van der Waals surface area contributed by atoms with Crippen LogP contribution in [0.1, 0.15) is 16.5 Å². The molecule has 106 valence electrons. The minimum atomic E-state index is -0.620. The zero-order valence-corrected chi connectivity index (χ0v) is 13.3. The molecular weight excluding hydrogens is 347 g/mol. The minimum absolute atomic E-state index is 0.353. The van der Waals surface area contributed by atoms with Gasteiger partial charge in [0.2, 0.25) is 0 Å². The molecule has 20 heavy (non-hydrogen) atoms. The van der Waals surface area contributed by atoms with E-state index in [4.69, 9.17) is 21.1 Å². The van der Waals surface area contributed by atoms with Crippen LogP contribution in [0.2, 0.25) is 0 Å². The van der Waals surface area contributed by atoms with E-state index < -0.39 is 5.38 Å². The second-order valence-electron chi connectivity index (χ2n) is 4.11. The molecule has 0 aliphatic carbocycles. The van der Waals surface area contributed by atoms with Crippen molar-refractivity contribution < 1.29 is 13.9 Å². The number of methoxy groups -OCH3 is 2. The summed E-state index contributed by atoms with van der Waals surface area (Å²) in [6.45, 7) is 0. The lowest BCUT2D eigenvalue weighted by Crippen LogP contribution is -2.00. The van der Waals surface area contributed by atoms with Crippen LogP contribution in [0.25, 0.3) is 0 Å². The van der Waals surface area contributed by atoms with Gasteiger partial charge in [-0.3, -0.25) is 0 Å². The van der Waals surface area contributed by atoms with Crippen molar-refractivity contribution in [1.82, 2.24) is 0 Å². The largest absolute Gasteiger partial charge is 0.493 e. The molecule has 5 heteroatoms. The van der Waals surface area contributed by atoms with E-state index in [1.807, 2.05) is 0 Å². The quantitative estimate of drug-likeness (QED) is 0.720. The first kappa shape index (κ1) is 15.1. The van der Waals surface area contributed by atoms with Crippen molar-refractivity contribution in [1.29, 1.82) is 0 Å². The molecular formula is C15H13BrClFO2. The number of hydrogen-bond donors (Lipinski definition) is 0. The monoisotopic (exact) mass is 358 g/mol. The molecule has 0 spiro atoms. The van der Waals surface area contributed by atoms with Gasteiger partial charge in [-0.1, -0.05) is 28.1 Å². The van der Waals surface area contributed by atoms with Crippen LogP contribution in [0.5, 0.6) is 11.5 Å². The maximum Gasteiger partial charge on any atom is 0.161 e. The number of hydrogen-bond acceptors (Lipinski definition) is 2. The summed E-state index contributed by atoms with van der Waals surface area (Å²) < 4.78 is 25.0. The van der Waals surface area contributed by atoms with E-state index in [1.165, 1.54) is 6.07 Å². The predicted octanol–water partition coefficient (Wildman–Crippen LogP) is 4.93. The van der Waals surface area contributed by atoms with Crippen LogP contribution < -0.4 is 9.47 Å². The van der Waals surface area contributed by atoms with Crippen LogP contribution in [-0.2, 0) is 0 Å². The lowest BCUT2D eigenvalue weighted by Gasteiger charge is -2.15. The first-order valence-corrected chi connectivity index (χ1v) is 7.11. The lowest BCUT2D eigenvalue weighted by molar-refractivity contribution is 0.354. The van der Waals surface area contributed by atoms with E-state index in [1.54, 1.807) is 44.6 Å². The summed E-state index contributed by atoms with van der Waals surface area (Å²) in [7, 11) is 3.10. The summed E-state index contributed by atoms with van der Waals surface area (Å²) in [6, 6.07) is 10.1. The smallest absolute Gasteiger partial charge is 0.161 e. The molecule has 0 saturated carbocycles. The molecule has 0 amide bonds. The van der Waals surface area contributed by atoms with Crippen molar-refractivity contribution in [3.05, 3.63) is 57.8 Å². The number of halogens is 3. The third kappa shape index (κ3) is 2.91. The van der Waals surface area contributed by atoms with Crippen molar-refractivity contribution >= 4 is 27.5 Å². The maximum atomic E-state index is 13.9. The van der Waals surface area contributed by atoms with Crippen LogP contribution >= 0.6 is 27.5 Å². The number of alkyl halides is 1. The molecule has 0 bridgehead atoms. The van der Waals surface area contributed by atoms with E-state index in [2.05, 4.69) is 15.9 Å². The molecule has 0 radical (unpaired) electrons. The fourth-order valence-corrected chi connectivity index (χ4v) is 2.99. The van der Waals surface area contributed by atoms with Crippen molar-refractivity contribution in [3.8, 4) is 11.5 Å². The second kappa shape index (κ2) is 6.46. The van der Waals surface area contributed by atoms with Crippen molar-refractivity contribution in [3.63, 3.8) is 0 Å². The summed E-state index contributed by atoms with van der Waals surface area (Å²) in [6.07, 6.45) is 0. The first-order chi connectivity index (χ1) is 9.58. The van der Waals surface area contributed by atoms with Crippen LogP contribution in [0.4, 0.5) is 4.39 Å². The Morgan fingerprint density at radius 3 is 2.40 bits per heavy atom. The summed E-state index contributed by atoms with van der Waals surface area (Å²) in [5.74, 6) is 0.810. The van der Waals surface area contributed by atoms with Gasteiger partial charge in [-0.25, -0.2) is 4.39 Å². The average molecular weight is 360 g/mol. The van der Waals surface area contributed by atoms with E-state index in [0.29, 0.717) is 21.5 Å². The van der Waals surface area contributed by atoms with Crippen molar-refractivity contribution in [2.45, 2.75) is 5.38 Å². The molecule has 0 saturated heterocycles. The van der Waals surface area contributed by atoms with Gasteiger partial charge >= 0.3 is 0 Å². The fraction of sp³-hybridized carbons (Fsp3) is 0.200. The Morgan fingerprint density at radius 2 is 1.80 bits per heavy atom. The minimum Gasteiger partial charge on any atom is -0.493 e. The maximum absolute atomic E-state index is 13.9. The SMILES string of the molecule is COc1ccc(C(Cl)c2c(F)cccc2Br)cc1OC. The van der Waals surface area contributed by atoms with Crippen LogP contribution in [0.15, 0.2) is 40.9 Å². The molecule has 0 aromatic heterocycles. The highest BCUT2D eigenvalue weighted by molar-refractivity contribution is 9.10. The Balaban J connectivity index is 2.46. The normalized spacial score (nSPS) is 12.1. The third-order valence-electron chi connectivity index (χ3n) is 2.95. The molecule has 0 heterocycles. The van der Waals surface area contributed by atoms with Crippen molar-refractivity contribution in [2.24, 2.45) is 0 Å². The predicted molar refractivity (Wildman–Crippen MR) is 81.3 cm³/mol. The standard InChI is InChI=1S/C15H13BrClFO2/c1-19-12-7-6-9(8-13(12)20-2)15(17)14-10(16)4-3-5-11(14)18/h3-8,15H,1-2H3. The number of rotatable bonds is 4. The molecule has 0 N–H and O–H groups in total. The third-order valence-corrected chi connectivity index (χ3v) is 4.12. The highest BCUT2D eigenvalue weighted by Gasteiger charge is 2.19. The van der Waals surface area contributed by atoms with E-state index in [0.717, 1.165) is 5.56 Å². The van der Waals surface area contributed by atoms with E-state index in [-0.39, 0.29) is 5.82 Å². The Bertz CT molecular complexity index is 599. The van der Waals surface area contributed by atoms with Gasteiger partial charge in [0.15, 0.2) is 11.5 Å². The molecule has 1 atom stereocenters. The molecule has 2 aromatic carbocycles. The van der Waals surface area contributed by atoms with Gasteiger partial charge < -0.3 is 9.47 Å². The van der Waals surface area contributed by atoms with Gasteiger partial charge in [-0.05, 0) is 29.8 Å². The van der Waals surface area contributed by atoms with E-state index >= 15 is 0 Å². The van der Waals surface area contributed by atoms with Crippen LogP contribution in [0, 0.1) is 5.82 Å². The highest BCUT2D eigenvalue weighted by Crippen LogP contribution is 2.38. The molecule has 2 rings (SSSR count). The Labute approximate surface area is 130 Å². The van der Waals surface area contributed by atoms with Gasteiger partial charge in [0.25, 0.3) is 0 Å². The molecule has 2 nitrogen and oxygen atoms in total. The van der Waals surface area contributed by atoms with Gasteiger partial charge in [0.1, 0.15) is 5.82 Å². The first-order valence-electron chi connectivity index (χ1n) is 5.88. The zero-order chi connectivity index (χ0) is 14.7. The van der Waals surface area contributed by atoms with E-state index in [9.17, 15) is 4.39 Å². The topological polar surface area (TPSA) is 18.5 Å². The molecule has 0 fully saturated rings. The molecule has 2 aromatic rings. The number of ether oxygens (including phenoxy) is 2. The summed E-state index contributed by atoms with van der Waals surface area (Å²) in [5, 5.41) is -0.620. The number of benzene rings is 2. The summed E-state index contributed by atoms with van der Waals surface area (Å²) in [5.41, 5.74) is 1.14. The Morgan fingerprint density at radius 1 is 1.10 bits per heavy atom. The lowest BCUT2D eigenvalue weighted by atomic mass is 10.0. The average Bonchev–Trinajstić information content (AvgIpc) is 2.46. The van der Waals surface area contributed by atoms with Gasteiger partial charge in [-0.2, -0.15) is 0 Å². The van der Waals surface area contributed by atoms with Crippen LogP contribution in [-0.4, -0.2) is 14.2 Å². The molecule has 1 unspecified atom stereocenters. The van der Waals surface area contributed by atoms with Crippen molar-refractivity contribution in [2.75, 3.05) is 14.2 Å². The summed E-state index contributed by atoms with van der Waals surface area (Å²) >= 11 is 9.73. The van der Waals surface area contributed by atoms with Gasteiger partial charge in [0.05, 0.1) is 19.6 Å². The molecule has 0 aliphatic rings. The van der Waals surface area contributed by atoms with Gasteiger partial charge in [-0.15, -0.1) is 11.6 Å².